The van der Waals surface area contributed by atoms with Crippen molar-refractivity contribution in [2.24, 2.45) is 12.8 Å². The van der Waals surface area contributed by atoms with Crippen molar-refractivity contribution in [3.05, 3.63) is 59.3 Å². The Morgan fingerprint density at radius 3 is 2.65 bits per heavy atom. The summed E-state index contributed by atoms with van der Waals surface area (Å²) in [5.74, 6) is -1.21. The molecule has 0 saturated heterocycles. The lowest BCUT2D eigenvalue weighted by Gasteiger charge is -2.24. The molecule has 0 radical (unpaired) electrons. The van der Waals surface area contributed by atoms with Crippen molar-refractivity contribution < 1.29 is 28.2 Å². The lowest BCUT2D eigenvalue weighted by Crippen LogP contribution is -2.58. The summed E-state index contributed by atoms with van der Waals surface area (Å²) in [6.07, 6.45) is -2.62. The molecule has 10 heteroatoms. The molecule has 0 saturated carbocycles. The number of amides is 2. The highest BCUT2D eigenvalue weighted by atomic mass is 19.3. The quantitative estimate of drug-likeness (QED) is 0.503. The summed E-state index contributed by atoms with van der Waals surface area (Å²) >= 11 is 0. The summed E-state index contributed by atoms with van der Waals surface area (Å²) in [6.45, 7) is 0.542. The summed E-state index contributed by atoms with van der Waals surface area (Å²) in [7, 11) is 1.55. The SMILES string of the molecule is Cn1nc2ccc(OCc3ccccc3C(F)F)cc2c1C(=O)NC(C)(CO)C(N)=O. The van der Waals surface area contributed by atoms with Gasteiger partial charge in [0, 0.05) is 18.0 Å². The third kappa shape index (κ3) is 4.48. The predicted molar refractivity (Wildman–Crippen MR) is 109 cm³/mol. The fraction of sp³-hybridized carbons (Fsp3) is 0.286. The fourth-order valence-electron chi connectivity index (χ4n) is 3.07. The number of fused-ring (bicyclic) bond motifs is 1. The molecule has 1 heterocycles. The van der Waals surface area contributed by atoms with Gasteiger partial charge >= 0.3 is 0 Å². The van der Waals surface area contributed by atoms with Crippen LogP contribution < -0.4 is 15.8 Å². The normalized spacial score (nSPS) is 13.2. The minimum Gasteiger partial charge on any atom is -0.489 e. The molecule has 0 fully saturated rings. The maximum Gasteiger partial charge on any atom is 0.271 e. The van der Waals surface area contributed by atoms with Crippen LogP contribution in [0, 0.1) is 0 Å². The van der Waals surface area contributed by atoms with Gasteiger partial charge in [0.2, 0.25) is 5.91 Å². The number of aryl methyl sites for hydroxylation is 1. The first-order chi connectivity index (χ1) is 14.7. The Kier molecular flexibility index (Phi) is 6.21. The Labute approximate surface area is 176 Å². The Bertz CT molecular complexity index is 1130. The van der Waals surface area contributed by atoms with E-state index in [0.717, 1.165) is 0 Å². The number of primary amides is 1. The van der Waals surface area contributed by atoms with E-state index in [9.17, 15) is 23.5 Å². The summed E-state index contributed by atoms with van der Waals surface area (Å²) in [4.78, 5) is 24.4. The molecule has 31 heavy (non-hydrogen) atoms. The molecule has 0 aliphatic rings. The molecule has 3 aromatic rings. The maximum atomic E-state index is 13.2. The van der Waals surface area contributed by atoms with Gasteiger partial charge in [0.1, 0.15) is 23.6 Å². The number of nitrogens with zero attached hydrogens (tertiary/aromatic N) is 2. The number of ether oxygens (including phenoxy) is 1. The molecule has 0 bridgehead atoms. The highest BCUT2D eigenvalue weighted by Crippen LogP contribution is 2.27. The summed E-state index contributed by atoms with van der Waals surface area (Å²) in [5, 5.41) is 16.6. The zero-order valence-corrected chi connectivity index (χ0v) is 16.9. The van der Waals surface area contributed by atoms with Crippen molar-refractivity contribution in [3.8, 4) is 5.75 Å². The number of hydrogen-bond acceptors (Lipinski definition) is 5. The number of carbonyl (C=O) groups excluding carboxylic acids is 2. The molecule has 164 valence electrons. The third-order valence-corrected chi connectivity index (χ3v) is 4.95. The standard InChI is InChI=1S/C21H22F2N4O4/c1-21(11-28,20(24)30)25-19(29)17-15-9-13(7-8-16(15)26-27(17)2)31-10-12-5-3-4-6-14(12)18(22)23/h3-9,18,28H,10-11H2,1-2H3,(H2,24,30)(H,25,29). The fourth-order valence-corrected chi connectivity index (χ4v) is 3.07. The van der Waals surface area contributed by atoms with Crippen molar-refractivity contribution >= 4 is 22.7 Å². The first-order valence-corrected chi connectivity index (χ1v) is 9.35. The molecule has 2 amide bonds. The molecule has 8 nitrogen and oxygen atoms in total. The van der Waals surface area contributed by atoms with Crippen molar-refractivity contribution in [3.63, 3.8) is 0 Å². The van der Waals surface area contributed by atoms with Crippen LogP contribution in [0.1, 0.15) is 35.0 Å². The van der Waals surface area contributed by atoms with Crippen molar-refractivity contribution in [1.82, 2.24) is 15.1 Å². The Morgan fingerprint density at radius 2 is 2.00 bits per heavy atom. The molecule has 0 aliphatic carbocycles. The van der Waals surface area contributed by atoms with Crippen LogP contribution in [-0.2, 0) is 18.4 Å². The van der Waals surface area contributed by atoms with Crippen LogP contribution in [0.3, 0.4) is 0 Å². The van der Waals surface area contributed by atoms with E-state index < -0.39 is 30.4 Å². The van der Waals surface area contributed by atoms with Crippen LogP contribution in [0.25, 0.3) is 10.9 Å². The smallest absolute Gasteiger partial charge is 0.271 e. The number of benzene rings is 2. The lowest BCUT2D eigenvalue weighted by molar-refractivity contribution is -0.124. The van der Waals surface area contributed by atoms with Gasteiger partial charge in [-0.1, -0.05) is 24.3 Å². The Morgan fingerprint density at radius 1 is 1.29 bits per heavy atom. The minimum atomic E-state index is -2.62. The number of aromatic nitrogens is 2. The molecule has 1 aromatic heterocycles. The van der Waals surface area contributed by atoms with E-state index in [2.05, 4.69) is 10.4 Å². The van der Waals surface area contributed by atoms with Crippen molar-refractivity contribution in [2.75, 3.05) is 6.61 Å². The summed E-state index contributed by atoms with van der Waals surface area (Å²) in [6, 6.07) is 10.9. The van der Waals surface area contributed by atoms with E-state index in [1.54, 1.807) is 37.4 Å². The average Bonchev–Trinajstić information content (AvgIpc) is 3.07. The first-order valence-electron chi connectivity index (χ1n) is 9.35. The van der Waals surface area contributed by atoms with Gasteiger partial charge in [-0.2, -0.15) is 5.10 Å². The van der Waals surface area contributed by atoms with Crippen LogP contribution >= 0.6 is 0 Å². The predicted octanol–water partition coefficient (Wildman–Crippen LogP) is 2.06. The van der Waals surface area contributed by atoms with Crippen LogP contribution in [0.4, 0.5) is 8.78 Å². The number of aliphatic hydroxyl groups excluding tert-OH is 1. The number of halogens is 2. The number of carbonyl (C=O) groups is 2. The van der Waals surface area contributed by atoms with E-state index in [1.165, 1.54) is 23.7 Å². The van der Waals surface area contributed by atoms with Gasteiger partial charge in [-0.05, 0) is 30.7 Å². The van der Waals surface area contributed by atoms with Crippen molar-refractivity contribution in [2.45, 2.75) is 25.5 Å². The zero-order valence-electron chi connectivity index (χ0n) is 16.9. The van der Waals surface area contributed by atoms with Gasteiger partial charge in [0.05, 0.1) is 12.1 Å². The molecule has 3 rings (SSSR count). The number of nitrogens with one attached hydrogen (secondary N) is 1. The second kappa shape index (κ2) is 8.68. The molecule has 2 aromatic carbocycles. The van der Waals surface area contributed by atoms with Crippen LogP contribution in [0.15, 0.2) is 42.5 Å². The van der Waals surface area contributed by atoms with Gasteiger partial charge in [-0.25, -0.2) is 8.78 Å². The van der Waals surface area contributed by atoms with Gasteiger partial charge < -0.3 is 20.9 Å². The highest BCUT2D eigenvalue weighted by Gasteiger charge is 2.34. The Hall–Kier alpha value is -3.53. The number of alkyl halides is 2. The van der Waals surface area contributed by atoms with Gasteiger partial charge in [0.15, 0.2) is 0 Å². The Balaban J connectivity index is 1.89. The number of nitrogens with two attached hydrogens (primary N) is 1. The van der Waals surface area contributed by atoms with Crippen LogP contribution in [0.5, 0.6) is 5.75 Å². The van der Waals surface area contributed by atoms with E-state index in [1.807, 2.05) is 0 Å². The molecular formula is C21H22F2N4O4. The average molecular weight is 432 g/mol. The number of hydrogen-bond donors (Lipinski definition) is 3. The molecular weight excluding hydrogens is 410 g/mol. The maximum absolute atomic E-state index is 13.2. The molecule has 1 unspecified atom stereocenters. The molecule has 4 N–H and O–H groups in total. The van der Waals surface area contributed by atoms with E-state index in [0.29, 0.717) is 22.2 Å². The van der Waals surface area contributed by atoms with Crippen LogP contribution in [-0.4, -0.2) is 38.8 Å². The monoisotopic (exact) mass is 432 g/mol. The summed E-state index contributed by atoms with van der Waals surface area (Å²) in [5.41, 5.74) is 4.47. The van der Waals surface area contributed by atoms with Gasteiger partial charge in [-0.15, -0.1) is 0 Å². The number of rotatable bonds is 8. The lowest BCUT2D eigenvalue weighted by atomic mass is 10.0. The molecule has 0 aliphatic heterocycles. The number of aliphatic hydroxyl groups is 1. The van der Waals surface area contributed by atoms with E-state index in [-0.39, 0.29) is 17.9 Å². The third-order valence-electron chi connectivity index (χ3n) is 4.95. The zero-order chi connectivity index (χ0) is 22.8. The highest BCUT2D eigenvalue weighted by molar-refractivity contribution is 6.07. The van der Waals surface area contributed by atoms with Gasteiger partial charge in [-0.3, -0.25) is 14.3 Å². The van der Waals surface area contributed by atoms with E-state index in [4.69, 9.17) is 10.5 Å². The van der Waals surface area contributed by atoms with Crippen molar-refractivity contribution in [1.29, 1.82) is 0 Å². The molecule has 1 atom stereocenters. The first kappa shape index (κ1) is 22.2. The minimum absolute atomic E-state index is 0.0852. The van der Waals surface area contributed by atoms with E-state index >= 15 is 0 Å². The second-order valence-corrected chi connectivity index (χ2v) is 7.25. The summed E-state index contributed by atoms with van der Waals surface area (Å²) < 4.78 is 33.3. The topological polar surface area (TPSA) is 119 Å². The second-order valence-electron chi connectivity index (χ2n) is 7.25. The van der Waals surface area contributed by atoms with Crippen LogP contribution in [0.2, 0.25) is 0 Å². The molecule has 0 spiro atoms. The largest absolute Gasteiger partial charge is 0.489 e. The van der Waals surface area contributed by atoms with Gasteiger partial charge in [0.25, 0.3) is 12.3 Å².